The van der Waals surface area contributed by atoms with Gasteiger partial charge in [-0.1, -0.05) is 6.08 Å². The van der Waals surface area contributed by atoms with E-state index in [1.54, 1.807) is 13.0 Å². The predicted molar refractivity (Wildman–Crippen MR) is 44.1 cm³/mol. The van der Waals surface area contributed by atoms with Gasteiger partial charge in [0.1, 0.15) is 0 Å². The Hall–Kier alpha value is -0.830. The van der Waals surface area contributed by atoms with Crippen molar-refractivity contribution in [2.45, 2.75) is 19.8 Å². The van der Waals surface area contributed by atoms with Gasteiger partial charge in [0.2, 0.25) is 0 Å². The Morgan fingerprint density at radius 2 is 2.27 bits per heavy atom. The second-order valence-electron chi connectivity index (χ2n) is 2.16. The fourth-order valence-electron chi connectivity index (χ4n) is 0.603. The van der Waals surface area contributed by atoms with Crippen LogP contribution in [0.4, 0.5) is 0 Å². The number of unbranched alkanes of at least 4 members (excludes halogenated alkanes) is 1. The van der Waals surface area contributed by atoms with Gasteiger partial charge < -0.3 is 10.5 Å². The first kappa shape index (κ1) is 10.2. The molecule has 0 aliphatic heterocycles. The molecule has 0 spiro atoms. The molecule has 0 heterocycles. The van der Waals surface area contributed by atoms with Gasteiger partial charge in [0.25, 0.3) is 0 Å². The normalized spacial score (nSPS) is 10.4. The van der Waals surface area contributed by atoms with Crippen molar-refractivity contribution in [1.29, 1.82) is 0 Å². The average molecular weight is 157 g/mol. The molecule has 0 radical (unpaired) electrons. The van der Waals surface area contributed by atoms with Crippen LogP contribution < -0.4 is 5.73 Å². The Morgan fingerprint density at radius 3 is 2.82 bits per heavy atom. The van der Waals surface area contributed by atoms with Crippen molar-refractivity contribution in [3.05, 3.63) is 12.2 Å². The van der Waals surface area contributed by atoms with Gasteiger partial charge in [0.15, 0.2) is 0 Å². The Labute approximate surface area is 67.2 Å². The highest BCUT2D eigenvalue weighted by Gasteiger charge is 1.93. The van der Waals surface area contributed by atoms with E-state index in [0.29, 0.717) is 13.2 Å². The van der Waals surface area contributed by atoms with E-state index in [-0.39, 0.29) is 5.97 Å². The van der Waals surface area contributed by atoms with E-state index in [4.69, 9.17) is 10.5 Å². The van der Waals surface area contributed by atoms with Gasteiger partial charge in [0, 0.05) is 6.08 Å². The lowest BCUT2D eigenvalue weighted by Gasteiger charge is -1.99. The fraction of sp³-hybridized carbons (Fsp3) is 0.625. The summed E-state index contributed by atoms with van der Waals surface area (Å²) in [5, 5.41) is 0. The van der Waals surface area contributed by atoms with Gasteiger partial charge >= 0.3 is 5.97 Å². The first-order valence-corrected chi connectivity index (χ1v) is 3.80. The summed E-state index contributed by atoms with van der Waals surface area (Å²) < 4.78 is 4.80. The highest BCUT2D eigenvalue weighted by atomic mass is 16.5. The van der Waals surface area contributed by atoms with Crippen molar-refractivity contribution in [2.75, 3.05) is 13.2 Å². The minimum atomic E-state index is -0.274. The monoisotopic (exact) mass is 157 g/mol. The summed E-state index contributed by atoms with van der Waals surface area (Å²) in [7, 11) is 0. The molecule has 0 aliphatic rings. The van der Waals surface area contributed by atoms with Crippen molar-refractivity contribution in [2.24, 2.45) is 5.73 Å². The third kappa shape index (κ3) is 7.06. The maximum absolute atomic E-state index is 10.7. The van der Waals surface area contributed by atoms with Crippen LogP contribution in [0.15, 0.2) is 12.2 Å². The van der Waals surface area contributed by atoms with Crippen molar-refractivity contribution >= 4 is 5.97 Å². The van der Waals surface area contributed by atoms with Crippen LogP contribution in [-0.4, -0.2) is 19.1 Å². The Morgan fingerprint density at radius 1 is 1.55 bits per heavy atom. The zero-order valence-corrected chi connectivity index (χ0v) is 6.88. The van der Waals surface area contributed by atoms with Crippen LogP contribution >= 0.6 is 0 Å². The molecule has 64 valence electrons. The molecule has 0 rings (SSSR count). The summed E-state index contributed by atoms with van der Waals surface area (Å²) >= 11 is 0. The lowest BCUT2D eigenvalue weighted by Crippen LogP contribution is -2.05. The molecule has 2 N–H and O–H groups in total. The predicted octanol–water partition coefficient (Wildman–Crippen LogP) is 0.845. The van der Waals surface area contributed by atoms with Crippen molar-refractivity contribution in [1.82, 2.24) is 0 Å². The number of carbonyl (C=O) groups is 1. The number of rotatable bonds is 5. The van der Waals surface area contributed by atoms with Gasteiger partial charge in [-0.15, -0.1) is 0 Å². The largest absolute Gasteiger partial charge is 0.463 e. The summed E-state index contributed by atoms with van der Waals surface area (Å²) in [6.45, 7) is 2.91. The zero-order chi connectivity index (χ0) is 8.53. The Balaban J connectivity index is 3.17. The number of esters is 1. The molecule has 0 unspecified atom stereocenters. The van der Waals surface area contributed by atoms with Crippen LogP contribution in [0.2, 0.25) is 0 Å². The van der Waals surface area contributed by atoms with E-state index < -0.39 is 0 Å². The SMILES string of the molecule is CC=CC(=O)OCCCCN. The number of hydrogen-bond acceptors (Lipinski definition) is 3. The molecule has 0 aromatic heterocycles. The van der Waals surface area contributed by atoms with Crippen LogP contribution in [0.1, 0.15) is 19.8 Å². The highest BCUT2D eigenvalue weighted by Crippen LogP contribution is 1.89. The first-order chi connectivity index (χ1) is 5.31. The summed E-state index contributed by atoms with van der Waals surface area (Å²) in [5.74, 6) is -0.274. The van der Waals surface area contributed by atoms with Crippen LogP contribution in [-0.2, 0) is 9.53 Å². The molecule has 0 atom stereocenters. The molecular formula is C8H15NO2. The van der Waals surface area contributed by atoms with Gasteiger partial charge in [-0.3, -0.25) is 0 Å². The van der Waals surface area contributed by atoms with E-state index in [9.17, 15) is 4.79 Å². The third-order valence-corrected chi connectivity index (χ3v) is 1.15. The number of hydrogen-bond donors (Lipinski definition) is 1. The molecule has 0 saturated carbocycles. The molecule has 0 aromatic rings. The quantitative estimate of drug-likeness (QED) is 0.365. The van der Waals surface area contributed by atoms with Gasteiger partial charge in [-0.25, -0.2) is 4.79 Å². The smallest absolute Gasteiger partial charge is 0.330 e. The molecule has 0 aliphatic carbocycles. The fourth-order valence-corrected chi connectivity index (χ4v) is 0.603. The molecule has 11 heavy (non-hydrogen) atoms. The van der Waals surface area contributed by atoms with Crippen molar-refractivity contribution in [3.63, 3.8) is 0 Å². The van der Waals surface area contributed by atoms with Crippen LogP contribution in [0.25, 0.3) is 0 Å². The second-order valence-corrected chi connectivity index (χ2v) is 2.16. The third-order valence-electron chi connectivity index (χ3n) is 1.15. The minimum Gasteiger partial charge on any atom is -0.463 e. The number of allylic oxidation sites excluding steroid dienone is 1. The maximum atomic E-state index is 10.7. The summed E-state index contributed by atoms with van der Waals surface area (Å²) in [6, 6.07) is 0. The average Bonchev–Trinajstić information content (AvgIpc) is 1.99. The van der Waals surface area contributed by atoms with Crippen LogP contribution in [0, 0.1) is 0 Å². The molecule has 0 saturated heterocycles. The second kappa shape index (κ2) is 7.28. The number of carbonyl (C=O) groups excluding carboxylic acids is 1. The Kier molecular flexibility index (Phi) is 6.73. The minimum absolute atomic E-state index is 0.274. The molecule has 0 amide bonds. The molecule has 0 bridgehead atoms. The maximum Gasteiger partial charge on any atom is 0.330 e. The van der Waals surface area contributed by atoms with Gasteiger partial charge in [-0.2, -0.15) is 0 Å². The molecule has 3 nitrogen and oxygen atoms in total. The summed E-state index contributed by atoms with van der Waals surface area (Å²) in [4.78, 5) is 10.7. The molecule has 0 fully saturated rings. The van der Waals surface area contributed by atoms with E-state index in [2.05, 4.69) is 0 Å². The lowest BCUT2D eigenvalue weighted by molar-refractivity contribution is -0.137. The van der Waals surface area contributed by atoms with Crippen molar-refractivity contribution < 1.29 is 9.53 Å². The first-order valence-electron chi connectivity index (χ1n) is 3.80. The number of ether oxygens (including phenoxy) is 1. The summed E-state index contributed by atoms with van der Waals surface area (Å²) in [5.41, 5.74) is 5.25. The number of nitrogens with two attached hydrogens (primary N) is 1. The van der Waals surface area contributed by atoms with Crippen LogP contribution in [0.3, 0.4) is 0 Å². The zero-order valence-electron chi connectivity index (χ0n) is 6.88. The standard InChI is InChI=1S/C8H15NO2/c1-2-5-8(10)11-7-4-3-6-9/h2,5H,3-4,6-7,9H2,1H3. The van der Waals surface area contributed by atoms with Gasteiger partial charge in [0.05, 0.1) is 6.61 Å². The molecular weight excluding hydrogens is 142 g/mol. The van der Waals surface area contributed by atoms with E-state index in [1.165, 1.54) is 6.08 Å². The molecule has 3 heteroatoms. The van der Waals surface area contributed by atoms with E-state index in [1.807, 2.05) is 0 Å². The Bertz CT molecular complexity index is 132. The lowest BCUT2D eigenvalue weighted by atomic mass is 10.3. The molecule has 0 aromatic carbocycles. The topological polar surface area (TPSA) is 52.3 Å². The van der Waals surface area contributed by atoms with Gasteiger partial charge in [-0.05, 0) is 26.3 Å². The highest BCUT2D eigenvalue weighted by molar-refractivity contribution is 5.81. The van der Waals surface area contributed by atoms with E-state index >= 15 is 0 Å². The van der Waals surface area contributed by atoms with Crippen LogP contribution in [0.5, 0.6) is 0 Å². The summed E-state index contributed by atoms with van der Waals surface area (Å²) in [6.07, 6.45) is 4.82. The van der Waals surface area contributed by atoms with E-state index in [0.717, 1.165) is 12.8 Å². The van der Waals surface area contributed by atoms with Crippen molar-refractivity contribution in [3.8, 4) is 0 Å².